The maximum Gasteiger partial charge on any atom is 0.166 e. The van der Waals surface area contributed by atoms with Crippen molar-refractivity contribution in [3.63, 3.8) is 0 Å². The average Bonchev–Trinajstić information content (AvgIpc) is 2.90. The molecule has 0 fully saturated rings. The number of phenols is 1. The Bertz CT molecular complexity index is 886. The van der Waals surface area contributed by atoms with Crippen molar-refractivity contribution in [1.29, 1.82) is 0 Å². The van der Waals surface area contributed by atoms with Gasteiger partial charge in [0.15, 0.2) is 5.75 Å². The normalized spacial score (nSPS) is 12.7. The second kappa shape index (κ2) is 5.76. The van der Waals surface area contributed by atoms with Crippen molar-refractivity contribution in [2.24, 2.45) is 5.41 Å². The van der Waals surface area contributed by atoms with Crippen LogP contribution in [0.25, 0.3) is 16.7 Å². The first-order chi connectivity index (χ1) is 11.6. The van der Waals surface area contributed by atoms with E-state index in [0.717, 1.165) is 23.0 Å². The lowest BCUT2D eigenvalue weighted by atomic mass is 9.72. The van der Waals surface area contributed by atoms with Crippen LogP contribution in [0.5, 0.6) is 5.75 Å². The van der Waals surface area contributed by atoms with Gasteiger partial charge in [0.25, 0.3) is 0 Å². The number of rotatable bonds is 3. The predicted octanol–water partition coefficient (Wildman–Crippen LogP) is 4.42. The van der Waals surface area contributed by atoms with Crippen LogP contribution in [0.3, 0.4) is 0 Å². The van der Waals surface area contributed by atoms with Crippen LogP contribution < -0.4 is 5.73 Å². The third kappa shape index (κ3) is 3.45. The molecule has 132 valence electrons. The molecule has 0 atom stereocenters. The van der Waals surface area contributed by atoms with Crippen molar-refractivity contribution in [2.45, 2.75) is 46.5 Å². The Kier molecular flexibility index (Phi) is 3.98. The first kappa shape index (κ1) is 17.3. The lowest BCUT2D eigenvalue weighted by molar-refractivity contribution is 0.284. The molecule has 5 nitrogen and oxygen atoms in total. The third-order valence-corrected chi connectivity index (χ3v) is 4.38. The summed E-state index contributed by atoms with van der Waals surface area (Å²) in [6.45, 7) is 11.1. The van der Waals surface area contributed by atoms with Crippen LogP contribution in [0.15, 0.2) is 36.4 Å². The summed E-state index contributed by atoms with van der Waals surface area (Å²) in [4.78, 5) is 1.47. The van der Waals surface area contributed by atoms with E-state index < -0.39 is 0 Å². The molecule has 0 bridgehead atoms. The Morgan fingerprint density at radius 2 is 1.56 bits per heavy atom. The zero-order valence-electron chi connectivity index (χ0n) is 15.5. The number of nitrogens with two attached hydrogens (primary N) is 1. The fourth-order valence-corrected chi connectivity index (χ4v) is 3.58. The molecule has 0 aliphatic carbocycles. The molecule has 1 heterocycles. The summed E-state index contributed by atoms with van der Waals surface area (Å²) in [6.07, 6.45) is 0.984. The Balaban J connectivity index is 2.13. The Labute approximate surface area is 148 Å². The van der Waals surface area contributed by atoms with Crippen molar-refractivity contribution in [3.05, 3.63) is 42.0 Å². The van der Waals surface area contributed by atoms with E-state index in [2.05, 4.69) is 44.8 Å². The highest BCUT2D eigenvalue weighted by Gasteiger charge is 2.29. The highest BCUT2D eigenvalue weighted by molar-refractivity contribution is 5.74. The summed E-state index contributed by atoms with van der Waals surface area (Å²) in [6, 6.07) is 11.4. The van der Waals surface area contributed by atoms with E-state index in [9.17, 15) is 5.11 Å². The van der Waals surface area contributed by atoms with Gasteiger partial charge in [0.2, 0.25) is 0 Å². The molecule has 0 spiro atoms. The van der Waals surface area contributed by atoms with Crippen LogP contribution in [-0.4, -0.2) is 20.1 Å². The molecule has 5 heteroatoms. The quantitative estimate of drug-likeness (QED) is 0.547. The second-order valence-electron chi connectivity index (χ2n) is 8.53. The van der Waals surface area contributed by atoms with Gasteiger partial charge >= 0.3 is 0 Å². The van der Waals surface area contributed by atoms with Crippen LogP contribution >= 0.6 is 0 Å². The topological polar surface area (TPSA) is 77.0 Å². The van der Waals surface area contributed by atoms with Crippen LogP contribution in [0.1, 0.15) is 46.6 Å². The van der Waals surface area contributed by atoms with Gasteiger partial charge in [0.05, 0.1) is 5.69 Å². The molecule has 0 aliphatic heterocycles. The summed E-state index contributed by atoms with van der Waals surface area (Å²) in [5, 5.41) is 19.4. The van der Waals surface area contributed by atoms with Crippen LogP contribution in [0.2, 0.25) is 0 Å². The van der Waals surface area contributed by atoms with Crippen LogP contribution in [0, 0.1) is 5.41 Å². The molecule has 2 aromatic carbocycles. The third-order valence-electron chi connectivity index (χ3n) is 4.38. The maximum atomic E-state index is 10.5. The first-order valence-electron chi connectivity index (χ1n) is 8.52. The predicted molar refractivity (Wildman–Crippen MR) is 102 cm³/mol. The lowest BCUT2D eigenvalue weighted by Gasteiger charge is -2.33. The number of aromatic nitrogens is 3. The van der Waals surface area contributed by atoms with Gasteiger partial charge in [-0.3, -0.25) is 0 Å². The Hall–Kier alpha value is -2.56. The molecule has 0 saturated heterocycles. The average molecular weight is 338 g/mol. The molecule has 3 aromatic rings. The van der Waals surface area contributed by atoms with Gasteiger partial charge in [-0.15, -0.1) is 15.0 Å². The molecular weight excluding hydrogens is 312 g/mol. The minimum absolute atomic E-state index is 0.00983. The number of nitrogen functional groups attached to an aromatic ring is 1. The molecule has 1 aromatic heterocycles. The fraction of sp³-hybridized carbons (Fsp3) is 0.400. The van der Waals surface area contributed by atoms with Crippen molar-refractivity contribution >= 4 is 16.7 Å². The number of anilines is 1. The molecule has 3 rings (SSSR count). The van der Waals surface area contributed by atoms with Gasteiger partial charge in [-0.1, -0.05) is 46.8 Å². The minimum Gasteiger partial charge on any atom is -0.504 e. The standard InChI is InChI=1S/C20H26N4O/c1-19(2,3)12-20(4,5)13-10-14(21)18(25)17(11-13)24-22-15-8-6-7-9-16(15)23-24/h6-11,25H,12,21H2,1-5H3. The van der Waals surface area contributed by atoms with E-state index in [1.807, 2.05) is 36.4 Å². The SMILES string of the molecule is CC(C)(C)CC(C)(C)c1cc(N)c(O)c(-n2nc3ccccc3n2)c1. The largest absolute Gasteiger partial charge is 0.504 e. The number of benzene rings is 2. The molecule has 25 heavy (non-hydrogen) atoms. The van der Waals surface area contributed by atoms with Gasteiger partial charge in [0, 0.05) is 0 Å². The maximum absolute atomic E-state index is 10.5. The van der Waals surface area contributed by atoms with Gasteiger partial charge in [-0.25, -0.2) is 0 Å². The smallest absolute Gasteiger partial charge is 0.166 e. The van der Waals surface area contributed by atoms with Crippen molar-refractivity contribution < 1.29 is 5.11 Å². The van der Waals surface area contributed by atoms with Crippen molar-refractivity contribution in [1.82, 2.24) is 15.0 Å². The van der Waals surface area contributed by atoms with E-state index in [1.165, 1.54) is 4.80 Å². The lowest BCUT2D eigenvalue weighted by Crippen LogP contribution is -2.25. The number of hydrogen-bond acceptors (Lipinski definition) is 4. The van der Waals surface area contributed by atoms with E-state index in [-0.39, 0.29) is 16.6 Å². The van der Waals surface area contributed by atoms with E-state index >= 15 is 0 Å². The molecule has 0 saturated carbocycles. The number of aromatic hydroxyl groups is 1. The number of phenolic OH excluding ortho intramolecular Hbond substituents is 1. The summed E-state index contributed by atoms with van der Waals surface area (Å²) < 4.78 is 0. The summed E-state index contributed by atoms with van der Waals surface area (Å²) in [5.74, 6) is 0.00983. The van der Waals surface area contributed by atoms with E-state index in [1.54, 1.807) is 0 Å². The minimum atomic E-state index is -0.0958. The van der Waals surface area contributed by atoms with Gasteiger partial charge < -0.3 is 10.8 Å². The molecule has 0 amide bonds. The van der Waals surface area contributed by atoms with E-state index in [0.29, 0.717) is 11.4 Å². The Morgan fingerprint density at radius 3 is 2.08 bits per heavy atom. The fourth-order valence-electron chi connectivity index (χ4n) is 3.58. The number of fused-ring (bicyclic) bond motifs is 1. The van der Waals surface area contributed by atoms with Crippen molar-refractivity contribution in [3.8, 4) is 11.4 Å². The highest BCUT2D eigenvalue weighted by atomic mass is 16.3. The Morgan fingerprint density at radius 1 is 1.00 bits per heavy atom. The molecular formula is C20H26N4O. The van der Waals surface area contributed by atoms with Crippen molar-refractivity contribution in [2.75, 3.05) is 5.73 Å². The molecule has 3 N–H and O–H groups in total. The first-order valence-corrected chi connectivity index (χ1v) is 8.52. The van der Waals surface area contributed by atoms with Crippen LogP contribution in [-0.2, 0) is 5.41 Å². The number of hydrogen-bond donors (Lipinski definition) is 2. The van der Waals surface area contributed by atoms with Crippen LogP contribution in [0.4, 0.5) is 5.69 Å². The monoisotopic (exact) mass is 338 g/mol. The second-order valence-corrected chi connectivity index (χ2v) is 8.53. The zero-order chi connectivity index (χ0) is 18.4. The number of nitrogens with zero attached hydrogens (tertiary/aromatic N) is 3. The molecule has 0 aliphatic rings. The summed E-state index contributed by atoms with van der Waals surface area (Å²) in [5.41, 5.74) is 9.64. The zero-order valence-corrected chi connectivity index (χ0v) is 15.5. The van der Waals surface area contributed by atoms with E-state index in [4.69, 9.17) is 5.73 Å². The van der Waals surface area contributed by atoms with Gasteiger partial charge in [-0.2, -0.15) is 0 Å². The molecule has 0 unspecified atom stereocenters. The molecule has 0 radical (unpaired) electrons. The van der Waals surface area contributed by atoms with Gasteiger partial charge in [0.1, 0.15) is 16.7 Å². The highest BCUT2D eigenvalue weighted by Crippen LogP contribution is 2.40. The summed E-state index contributed by atoms with van der Waals surface area (Å²) >= 11 is 0. The van der Waals surface area contributed by atoms with Gasteiger partial charge in [-0.05, 0) is 47.1 Å². The summed E-state index contributed by atoms with van der Waals surface area (Å²) in [7, 11) is 0.